The number of benzene rings is 1. The van der Waals surface area contributed by atoms with Gasteiger partial charge in [0.2, 0.25) is 5.43 Å². The molecule has 0 saturated heterocycles. The Hall–Kier alpha value is -2.40. The van der Waals surface area contributed by atoms with Crippen LogP contribution in [0.3, 0.4) is 0 Å². The molecule has 0 aliphatic heterocycles. The maximum Gasteiger partial charge on any atom is 0.261 e. The van der Waals surface area contributed by atoms with Crippen molar-refractivity contribution >= 4 is 33.1 Å². The number of aryl methyl sites for hydroxylation is 2. The Morgan fingerprint density at radius 2 is 2.00 bits per heavy atom. The quantitative estimate of drug-likeness (QED) is 0.761. The number of nitrogens with one attached hydrogen (secondary N) is 2. The molecule has 106 valence electrons. The molecule has 2 heterocycles. The normalized spacial score (nSPS) is 10.8. The number of fused-ring (bicyclic) bond motifs is 1. The fourth-order valence-electron chi connectivity index (χ4n) is 2.13. The van der Waals surface area contributed by atoms with Crippen LogP contribution in [0.25, 0.3) is 10.2 Å². The second-order valence-corrected chi connectivity index (χ2v) is 5.86. The largest absolute Gasteiger partial charge is 0.352 e. The average molecular weight is 298 g/mol. The summed E-state index contributed by atoms with van der Waals surface area (Å²) in [5, 5.41) is 5.14. The lowest BCUT2D eigenvalue weighted by molar-refractivity contribution is 0.102. The lowest BCUT2D eigenvalue weighted by atomic mass is 10.1. The van der Waals surface area contributed by atoms with Crippen molar-refractivity contribution in [2.45, 2.75) is 13.8 Å². The highest BCUT2D eigenvalue weighted by molar-refractivity contribution is 7.16. The van der Waals surface area contributed by atoms with Gasteiger partial charge in [0.25, 0.3) is 5.91 Å². The Labute approximate surface area is 125 Å². The van der Waals surface area contributed by atoms with E-state index in [1.165, 1.54) is 17.5 Å². The van der Waals surface area contributed by atoms with Crippen LogP contribution in [0.4, 0.5) is 5.69 Å². The van der Waals surface area contributed by atoms with E-state index in [1.807, 2.05) is 37.4 Å². The minimum absolute atomic E-state index is 0.124. The molecular formula is C16H14N2O2S. The molecule has 21 heavy (non-hydrogen) atoms. The molecule has 2 aromatic heterocycles. The summed E-state index contributed by atoms with van der Waals surface area (Å²) in [4.78, 5) is 28.3. The number of hydrogen-bond acceptors (Lipinski definition) is 3. The summed E-state index contributed by atoms with van der Waals surface area (Å²) in [5.74, 6) is -0.396. The van der Waals surface area contributed by atoms with Gasteiger partial charge in [-0.05, 0) is 48.6 Å². The molecule has 4 nitrogen and oxygen atoms in total. The summed E-state index contributed by atoms with van der Waals surface area (Å²) in [6, 6.07) is 7.39. The number of aromatic nitrogens is 1. The molecule has 0 aliphatic carbocycles. The Kier molecular flexibility index (Phi) is 3.35. The second kappa shape index (κ2) is 5.18. The molecule has 3 rings (SSSR count). The predicted molar refractivity (Wildman–Crippen MR) is 86.3 cm³/mol. The minimum Gasteiger partial charge on any atom is -0.352 e. The number of amides is 1. The lowest BCUT2D eigenvalue weighted by Crippen LogP contribution is -2.21. The SMILES string of the molecule is Cc1ccc(NC(=O)c2c[nH]c3sccc3c2=O)cc1C. The Morgan fingerprint density at radius 3 is 2.76 bits per heavy atom. The van der Waals surface area contributed by atoms with E-state index in [9.17, 15) is 9.59 Å². The van der Waals surface area contributed by atoms with Gasteiger partial charge in [-0.3, -0.25) is 9.59 Å². The van der Waals surface area contributed by atoms with E-state index in [-0.39, 0.29) is 11.0 Å². The Bertz CT molecular complexity index is 893. The number of carbonyl (C=O) groups is 1. The molecule has 5 heteroatoms. The number of rotatable bonds is 2. The van der Waals surface area contributed by atoms with Gasteiger partial charge in [0.05, 0.1) is 5.39 Å². The monoisotopic (exact) mass is 298 g/mol. The third kappa shape index (κ3) is 2.48. The lowest BCUT2D eigenvalue weighted by Gasteiger charge is -2.07. The van der Waals surface area contributed by atoms with Crippen molar-refractivity contribution in [3.05, 3.63) is 62.8 Å². The molecule has 0 saturated carbocycles. The average Bonchev–Trinajstić information content (AvgIpc) is 2.92. The molecule has 2 N–H and O–H groups in total. The molecule has 0 atom stereocenters. The maximum atomic E-state index is 12.3. The van der Waals surface area contributed by atoms with Crippen LogP contribution < -0.4 is 10.7 Å². The number of thiophene rings is 1. The third-order valence-electron chi connectivity index (χ3n) is 3.51. The highest BCUT2D eigenvalue weighted by atomic mass is 32.1. The number of hydrogen-bond donors (Lipinski definition) is 2. The van der Waals surface area contributed by atoms with Crippen LogP contribution in [-0.2, 0) is 0 Å². The van der Waals surface area contributed by atoms with Crippen molar-refractivity contribution in [2.24, 2.45) is 0 Å². The molecule has 0 spiro atoms. The number of aromatic amines is 1. The van der Waals surface area contributed by atoms with Crippen molar-refractivity contribution in [1.29, 1.82) is 0 Å². The van der Waals surface area contributed by atoms with Crippen molar-refractivity contribution < 1.29 is 4.79 Å². The van der Waals surface area contributed by atoms with Gasteiger partial charge in [0.15, 0.2) is 0 Å². The van der Waals surface area contributed by atoms with Gasteiger partial charge >= 0.3 is 0 Å². The van der Waals surface area contributed by atoms with Crippen molar-refractivity contribution in [3.8, 4) is 0 Å². The zero-order valence-corrected chi connectivity index (χ0v) is 12.5. The van der Waals surface area contributed by atoms with E-state index < -0.39 is 5.91 Å². The van der Waals surface area contributed by atoms with Gasteiger partial charge < -0.3 is 10.3 Å². The predicted octanol–water partition coefficient (Wildman–Crippen LogP) is 3.46. The van der Waals surface area contributed by atoms with Crippen LogP contribution in [0.2, 0.25) is 0 Å². The zero-order chi connectivity index (χ0) is 15.0. The van der Waals surface area contributed by atoms with Gasteiger partial charge in [-0.1, -0.05) is 6.07 Å². The summed E-state index contributed by atoms with van der Waals surface area (Å²) in [7, 11) is 0. The van der Waals surface area contributed by atoms with Gasteiger partial charge in [-0.15, -0.1) is 11.3 Å². The molecule has 0 bridgehead atoms. The number of carbonyl (C=O) groups excluding carboxylic acids is 1. The van der Waals surface area contributed by atoms with E-state index in [4.69, 9.17) is 0 Å². The van der Waals surface area contributed by atoms with Gasteiger partial charge in [-0.25, -0.2) is 0 Å². The fourth-order valence-corrected chi connectivity index (χ4v) is 2.89. The van der Waals surface area contributed by atoms with Crippen LogP contribution in [0.5, 0.6) is 0 Å². The van der Waals surface area contributed by atoms with Crippen molar-refractivity contribution in [2.75, 3.05) is 5.32 Å². The van der Waals surface area contributed by atoms with E-state index in [1.54, 1.807) is 6.07 Å². The molecular weight excluding hydrogens is 284 g/mol. The first kappa shape index (κ1) is 13.6. The number of pyridine rings is 1. The first-order chi connectivity index (χ1) is 10.1. The summed E-state index contributed by atoms with van der Waals surface area (Å²) in [6.07, 6.45) is 1.47. The highest BCUT2D eigenvalue weighted by Gasteiger charge is 2.13. The first-order valence-corrected chi connectivity index (χ1v) is 7.42. The summed E-state index contributed by atoms with van der Waals surface area (Å²) in [5.41, 5.74) is 2.82. The van der Waals surface area contributed by atoms with E-state index >= 15 is 0 Å². The molecule has 0 radical (unpaired) electrons. The molecule has 0 unspecified atom stereocenters. The fraction of sp³-hybridized carbons (Fsp3) is 0.125. The molecule has 1 amide bonds. The molecule has 3 aromatic rings. The third-order valence-corrected chi connectivity index (χ3v) is 4.36. The second-order valence-electron chi connectivity index (χ2n) is 4.95. The van der Waals surface area contributed by atoms with Crippen LogP contribution in [0, 0.1) is 13.8 Å². The van der Waals surface area contributed by atoms with Crippen LogP contribution in [0.1, 0.15) is 21.5 Å². The topological polar surface area (TPSA) is 62.0 Å². The van der Waals surface area contributed by atoms with E-state index in [0.717, 1.165) is 16.0 Å². The highest BCUT2D eigenvalue weighted by Crippen LogP contribution is 2.17. The van der Waals surface area contributed by atoms with E-state index in [0.29, 0.717) is 11.1 Å². The summed E-state index contributed by atoms with van der Waals surface area (Å²) in [6.45, 7) is 3.99. The van der Waals surface area contributed by atoms with Crippen molar-refractivity contribution in [3.63, 3.8) is 0 Å². The summed E-state index contributed by atoms with van der Waals surface area (Å²) < 4.78 is 0. The molecule has 0 aliphatic rings. The van der Waals surface area contributed by atoms with Crippen LogP contribution in [0.15, 0.2) is 40.6 Å². The zero-order valence-electron chi connectivity index (χ0n) is 11.7. The minimum atomic E-state index is -0.396. The smallest absolute Gasteiger partial charge is 0.261 e. The standard InChI is InChI=1S/C16H14N2O2S/c1-9-3-4-11(7-10(9)2)18-15(20)13-8-17-16-12(14(13)19)5-6-21-16/h3-8H,1-2H3,(H,17,19)(H,18,20). The maximum absolute atomic E-state index is 12.3. The molecule has 1 aromatic carbocycles. The van der Waals surface area contributed by atoms with Crippen LogP contribution in [-0.4, -0.2) is 10.9 Å². The number of H-pyrrole nitrogens is 1. The Balaban J connectivity index is 1.95. The van der Waals surface area contributed by atoms with Gasteiger partial charge in [0, 0.05) is 11.9 Å². The van der Waals surface area contributed by atoms with Crippen LogP contribution >= 0.6 is 11.3 Å². The number of anilines is 1. The first-order valence-electron chi connectivity index (χ1n) is 6.54. The Morgan fingerprint density at radius 1 is 1.19 bits per heavy atom. The summed E-state index contributed by atoms with van der Waals surface area (Å²) >= 11 is 1.44. The molecule has 0 fully saturated rings. The van der Waals surface area contributed by atoms with Gasteiger partial charge in [0.1, 0.15) is 10.4 Å². The van der Waals surface area contributed by atoms with Gasteiger partial charge in [-0.2, -0.15) is 0 Å². The van der Waals surface area contributed by atoms with Crippen molar-refractivity contribution in [1.82, 2.24) is 4.98 Å². The van der Waals surface area contributed by atoms with E-state index in [2.05, 4.69) is 10.3 Å².